The van der Waals surface area contributed by atoms with Crippen LogP contribution in [0.3, 0.4) is 0 Å². The van der Waals surface area contributed by atoms with Gasteiger partial charge in [0.1, 0.15) is 11.6 Å². The number of aromatic nitrogens is 5. The monoisotopic (exact) mass is 488 g/mol. The molecule has 3 aromatic heterocycles. The first-order valence-corrected chi connectivity index (χ1v) is 13.1. The molecule has 1 fully saturated rings. The zero-order chi connectivity index (χ0) is 24.0. The van der Waals surface area contributed by atoms with Gasteiger partial charge in [0, 0.05) is 37.0 Å². The Labute approximate surface area is 211 Å². The number of hydrogen-bond donors (Lipinski definition) is 0. The Balaban J connectivity index is 1.31. The van der Waals surface area contributed by atoms with E-state index in [-0.39, 0.29) is 6.10 Å². The molecule has 1 atom stereocenters. The van der Waals surface area contributed by atoms with Crippen molar-refractivity contribution in [2.24, 2.45) is 0 Å². The van der Waals surface area contributed by atoms with Gasteiger partial charge >= 0.3 is 0 Å². The van der Waals surface area contributed by atoms with Gasteiger partial charge in [-0.25, -0.2) is 4.98 Å². The number of rotatable bonds is 10. The fraction of sp³-hybridized carbons (Fsp3) is 0.370. The minimum Gasteiger partial charge on any atom is -0.376 e. The molecule has 0 spiro atoms. The molecule has 8 heteroatoms. The first-order chi connectivity index (χ1) is 17.2. The lowest BCUT2D eigenvalue weighted by Gasteiger charge is -2.20. The van der Waals surface area contributed by atoms with Crippen molar-refractivity contribution in [2.45, 2.75) is 56.4 Å². The van der Waals surface area contributed by atoms with Gasteiger partial charge in [0.15, 0.2) is 5.16 Å². The fourth-order valence-corrected chi connectivity index (χ4v) is 5.51. The van der Waals surface area contributed by atoms with Crippen LogP contribution in [0.4, 0.5) is 0 Å². The number of nitrogens with zero attached hydrogens (tertiary/aromatic N) is 6. The number of pyridine rings is 1. The molecule has 0 N–H and O–H groups in total. The molecule has 1 aromatic carbocycles. The summed E-state index contributed by atoms with van der Waals surface area (Å²) in [4.78, 5) is 6.78. The highest BCUT2D eigenvalue weighted by molar-refractivity contribution is 7.98. The molecular weight excluding hydrogens is 456 g/mol. The maximum absolute atomic E-state index is 5.96. The van der Waals surface area contributed by atoms with Gasteiger partial charge in [-0.3, -0.25) is 4.90 Å². The SMILES string of the molecule is Cc1ccccc1CSc1nnc(CN(C)Cc2cccn2-c2ccccn2)n1C[C@@H]1CCCO1. The van der Waals surface area contributed by atoms with Gasteiger partial charge in [-0.1, -0.05) is 42.1 Å². The van der Waals surface area contributed by atoms with Gasteiger partial charge in [-0.05, 0) is 62.2 Å². The maximum Gasteiger partial charge on any atom is 0.191 e. The van der Waals surface area contributed by atoms with Crippen molar-refractivity contribution < 1.29 is 4.74 Å². The first kappa shape index (κ1) is 23.8. The summed E-state index contributed by atoms with van der Waals surface area (Å²) in [6.07, 6.45) is 6.33. The van der Waals surface area contributed by atoms with Crippen LogP contribution in [0.2, 0.25) is 0 Å². The van der Waals surface area contributed by atoms with Gasteiger partial charge in [-0.15, -0.1) is 10.2 Å². The summed E-state index contributed by atoms with van der Waals surface area (Å²) in [6.45, 7) is 5.29. The minimum absolute atomic E-state index is 0.231. The van der Waals surface area contributed by atoms with Crippen LogP contribution < -0.4 is 0 Å². The van der Waals surface area contributed by atoms with Crippen LogP contribution in [-0.4, -0.2) is 49.0 Å². The summed E-state index contributed by atoms with van der Waals surface area (Å²) in [5, 5.41) is 10.2. The maximum atomic E-state index is 5.96. The van der Waals surface area contributed by atoms with E-state index in [0.29, 0.717) is 6.54 Å². The van der Waals surface area contributed by atoms with Crippen molar-refractivity contribution in [1.29, 1.82) is 0 Å². The van der Waals surface area contributed by atoms with Crippen LogP contribution in [0.1, 0.15) is 35.5 Å². The average molecular weight is 489 g/mol. The zero-order valence-electron chi connectivity index (χ0n) is 20.4. The standard InChI is InChI=1S/C27H32N6OS/c1-21-9-3-4-10-22(21)20-35-27-30-29-26(33(27)18-24-12-8-16-34-24)19-31(2)17-23-11-7-15-32(23)25-13-5-6-14-28-25/h3-7,9-11,13-15,24H,8,12,16-20H2,1-2H3/t24-/m0/s1. The molecule has 4 aromatic rings. The second-order valence-corrected chi connectivity index (χ2v) is 10.0. The lowest BCUT2D eigenvalue weighted by Crippen LogP contribution is -2.24. The molecule has 7 nitrogen and oxygen atoms in total. The van der Waals surface area contributed by atoms with Gasteiger partial charge in [-0.2, -0.15) is 0 Å². The summed E-state index contributed by atoms with van der Waals surface area (Å²) in [7, 11) is 2.13. The number of ether oxygens (including phenoxy) is 1. The van der Waals surface area contributed by atoms with E-state index >= 15 is 0 Å². The third kappa shape index (κ3) is 5.83. The number of thioether (sulfide) groups is 1. The third-order valence-electron chi connectivity index (χ3n) is 6.39. The van der Waals surface area contributed by atoms with E-state index in [2.05, 4.69) is 85.8 Å². The quantitative estimate of drug-likeness (QED) is 0.297. The number of hydrogen-bond acceptors (Lipinski definition) is 6. The van der Waals surface area contributed by atoms with Crippen molar-refractivity contribution in [3.8, 4) is 5.82 Å². The highest BCUT2D eigenvalue weighted by Gasteiger charge is 2.22. The van der Waals surface area contributed by atoms with Crippen molar-refractivity contribution in [1.82, 2.24) is 29.2 Å². The van der Waals surface area contributed by atoms with E-state index in [0.717, 1.165) is 55.1 Å². The minimum atomic E-state index is 0.231. The predicted molar refractivity (Wildman–Crippen MR) is 138 cm³/mol. The van der Waals surface area contributed by atoms with Crippen molar-refractivity contribution >= 4 is 11.8 Å². The Bertz CT molecular complexity index is 1230. The molecule has 4 heterocycles. The van der Waals surface area contributed by atoms with Crippen LogP contribution in [0.15, 0.2) is 72.1 Å². The van der Waals surface area contributed by atoms with E-state index < -0.39 is 0 Å². The second kappa shape index (κ2) is 11.2. The van der Waals surface area contributed by atoms with Crippen LogP contribution in [-0.2, 0) is 30.1 Å². The average Bonchev–Trinajstić information content (AvgIpc) is 3.63. The lowest BCUT2D eigenvalue weighted by molar-refractivity contribution is 0.0934. The summed E-state index contributed by atoms with van der Waals surface area (Å²) in [5.74, 6) is 2.78. The molecule has 5 rings (SSSR count). The van der Waals surface area contributed by atoms with E-state index in [4.69, 9.17) is 4.74 Å². The zero-order valence-corrected chi connectivity index (χ0v) is 21.2. The van der Waals surface area contributed by atoms with Crippen LogP contribution in [0.5, 0.6) is 0 Å². The Morgan fingerprint density at radius 2 is 1.94 bits per heavy atom. The topological polar surface area (TPSA) is 61.0 Å². The van der Waals surface area contributed by atoms with Gasteiger partial charge in [0.05, 0.1) is 19.2 Å². The van der Waals surface area contributed by atoms with E-state index in [1.807, 2.05) is 24.4 Å². The van der Waals surface area contributed by atoms with E-state index in [1.165, 1.54) is 16.8 Å². The van der Waals surface area contributed by atoms with E-state index in [1.54, 1.807) is 11.8 Å². The normalized spacial score (nSPS) is 15.8. The molecule has 0 aliphatic carbocycles. The Hall–Kier alpha value is -2.94. The largest absolute Gasteiger partial charge is 0.376 e. The smallest absolute Gasteiger partial charge is 0.191 e. The highest BCUT2D eigenvalue weighted by Crippen LogP contribution is 2.26. The van der Waals surface area contributed by atoms with Crippen molar-refractivity contribution in [3.63, 3.8) is 0 Å². The molecule has 35 heavy (non-hydrogen) atoms. The van der Waals surface area contributed by atoms with Gasteiger partial charge in [0.25, 0.3) is 0 Å². The Morgan fingerprint density at radius 1 is 1.06 bits per heavy atom. The van der Waals surface area contributed by atoms with Crippen LogP contribution >= 0.6 is 11.8 Å². The molecule has 1 saturated heterocycles. The molecule has 0 bridgehead atoms. The molecular formula is C27H32N6OS. The summed E-state index contributed by atoms with van der Waals surface area (Å²) in [5.41, 5.74) is 3.82. The van der Waals surface area contributed by atoms with Crippen LogP contribution in [0.25, 0.3) is 5.82 Å². The van der Waals surface area contributed by atoms with Gasteiger partial charge in [0.2, 0.25) is 0 Å². The second-order valence-electron chi connectivity index (χ2n) is 9.09. The Kier molecular flexibility index (Phi) is 7.61. The molecule has 0 unspecified atom stereocenters. The first-order valence-electron chi connectivity index (χ1n) is 12.1. The van der Waals surface area contributed by atoms with E-state index in [9.17, 15) is 0 Å². The molecule has 1 aliphatic heterocycles. The van der Waals surface area contributed by atoms with Gasteiger partial charge < -0.3 is 13.9 Å². The molecule has 0 radical (unpaired) electrons. The third-order valence-corrected chi connectivity index (χ3v) is 7.41. The van der Waals surface area contributed by atoms with Crippen molar-refractivity contribution in [2.75, 3.05) is 13.7 Å². The van der Waals surface area contributed by atoms with Crippen LogP contribution in [0, 0.1) is 6.92 Å². The lowest BCUT2D eigenvalue weighted by atomic mass is 10.1. The highest BCUT2D eigenvalue weighted by atomic mass is 32.2. The number of aryl methyl sites for hydroxylation is 1. The summed E-state index contributed by atoms with van der Waals surface area (Å²) in [6, 6.07) is 18.7. The molecule has 0 amide bonds. The Morgan fingerprint density at radius 3 is 2.74 bits per heavy atom. The predicted octanol–water partition coefficient (Wildman–Crippen LogP) is 4.88. The summed E-state index contributed by atoms with van der Waals surface area (Å²) >= 11 is 1.75. The molecule has 0 saturated carbocycles. The molecule has 1 aliphatic rings. The molecule has 182 valence electrons. The summed E-state index contributed by atoms with van der Waals surface area (Å²) < 4.78 is 10.4. The van der Waals surface area contributed by atoms with Crippen molar-refractivity contribution in [3.05, 3.63) is 89.6 Å². The number of benzene rings is 1. The fourth-order valence-electron chi connectivity index (χ4n) is 4.47.